The molecule has 0 spiro atoms. The molecule has 0 heterocycles. The number of carboxylic acids is 1. The zero-order valence-electron chi connectivity index (χ0n) is 35.0. The minimum absolute atomic E-state index is 0.0181. The molecule has 52 heavy (non-hydrogen) atoms. The molecular weight excluding hydrogens is 649 g/mol. The molecule has 0 bridgehead atoms. The van der Waals surface area contributed by atoms with Gasteiger partial charge in [0.15, 0.2) is 5.78 Å². The van der Waals surface area contributed by atoms with E-state index in [9.17, 15) is 19.5 Å². The van der Waals surface area contributed by atoms with Crippen molar-refractivity contribution in [3.05, 3.63) is 11.1 Å². The van der Waals surface area contributed by atoms with E-state index >= 15 is 0 Å². The van der Waals surface area contributed by atoms with Gasteiger partial charge in [-0.05, 0) is 157 Å². The predicted molar refractivity (Wildman–Crippen MR) is 208 cm³/mol. The molecular formula is C45H74N2O5. The third-order valence-electron chi connectivity index (χ3n) is 16.9. The summed E-state index contributed by atoms with van der Waals surface area (Å²) >= 11 is 0. The number of allylic oxidation sites excluding steroid dienone is 2. The van der Waals surface area contributed by atoms with Gasteiger partial charge in [-0.1, -0.05) is 54.0 Å². The quantitative estimate of drug-likeness (QED) is 0.190. The molecule has 5 fully saturated rings. The SMILES string of the molecule is CC(C)C1=C2[C@H]3CC[C@@H]4[C@@]5(C)CC[C@H](OC(=O)CC(C)(C)C(=O)O)C(C)(C)[C@@H]5CC[C@@]4(C)[C@]3(C)CC[C@@]2(CCN(CCN(C)C)CC2CC2)CC1=O. The number of hydrogen-bond acceptors (Lipinski definition) is 6. The molecule has 8 atom stereocenters. The molecule has 0 aromatic heterocycles. The van der Waals surface area contributed by atoms with E-state index in [0.717, 1.165) is 64.1 Å². The molecule has 0 aromatic carbocycles. The second-order valence-corrected chi connectivity index (χ2v) is 21.5. The van der Waals surface area contributed by atoms with Crippen molar-refractivity contribution < 1.29 is 24.2 Å². The molecule has 6 rings (SSSR count). The number of hydrogen-bond donors (Lipinski definition) is 1. The molecule has 0 aromatic rings. The van der Waals surface area contributed by atoms with Gasteiger partial charge in [0.2, 0.25) is 0 Å². The summed E-state index contributed by atoms with van der Waals surface area (Å²) in [5.74, 6) is 1.69. The van der Waals surface area contributed by atoms with Gasteiger partial charge in [0.25, 0.3) is 0 Å². The Morgan fingerprint density at radius 3 is 2.17 bits per heavy atom. The predicted octanol–water partition coefficient (Wildman–Crippen LogP) is 9.04. The monoisotopic (exact) mass is 723 g/mol. The Kier molecular flexibility index (Phi) is 10.6. The van der Waals surface area contributed by atoms with Gasteiger partial charge in [-0.15, -0.1) is 0 Å². The number of carbonyl (C=O) groups excluding carboxylic acids is 2. The molecule has 5 saturated carbocycles. The first-order chi connectivity index (χ1) is 24.1. The van der Waals surface area contributed by atoms with E-state index in [0.29, 0.717) is 23.5 Å². The largest absolute Gasteiger partial charge is 0.481 e. The first kappa shape index (κ1) is 39.9. The van der Waals surface area contributed by atoms with Gasteiger partial charge in [-0.3, -0.25) is 14.4 Å². The van der Waals surface area contributed by atoms with Crippen molar-refractivity contribution in [2.45, 2.75) is 152 Å². The van der Waals surface area contributed by atoms with Gasteiger partial charge in [0, 0.05) is 36.9 Å². The van der Waals surface area contributed by atoms with E-state index < -0.39 is 11.4 Å². The van der Waals surface area contributed by atoms with Gasteiger partial charge in [-0.2, -0.15) is 0 Å². The second-order valence-electron chi connectivity index (χ2n) is 21.5. The Labute approximate surface area is 316 Å². The number of Topliss-reactive ketones (excluding diaryl/α,β-unsaturated/α-hetero) is 1. The zero-order chi connectivity index (χ0) is 38.2. The Morgan fingerprint density at radius 2 is 1.56 bits per heavy atom. The number of fused-ring (bicyclic) bond motifs is 7. The zero-order valence-corrected chi connectivity index (χ0v) is 35.0. The number of carboxylic acid groups (broad SMARTS) is 1. The molecule has 0 radical (unpaired) electrons. The molecule has 7 heteroatoms. The molecule has 0 saturated heterocycles. The second kappa shape index (κ2) is 13.8. The molecule has 6 aliphatic rings. The Hall–Kier alpha value is -1.73. The van der Waals surface area contributed by atoms with Crippen molar-refractivity contribution in [2.75, 3.05) is 40.3 Å². The van der Waals surface area contributed by atoms with Gasteiger partial charge < -0.3 is 19.6 Å². The normalized spacial score (nSPS) is 38.6. The maximum absolute atomic E-state index is 14.2. The van der Waals surface area contributed by atoms with Crippen LogP contribution in [0.25, 0.3) is 0 Å². The number of ketones is 1. The van der Waals surface area contributed by atoms with Crippen LogP contribution in [0.15, 0.2) is 11.1 Å². The molecule has 1 N–H and O–H groups in total. The molecule has 0 aliphatic heterocycles. The van der Waals surface area contributed by atoms with Crippen LogP contribution in [0.4, 0.5) is 0 Å². The summed E-state index contributed by atoms with van der Waals surface area (Å²) in [6.07, 6.45) is 13.2. The first-order valence-corrected chi connectivity index (χ1v) is 21.2. The third-order valence-corrected chi connectivity index (χ3v) is 16.9. The third kappa shape index (κ3) is 6.66. The number of aliphatic carboxylic acids is 1. The van der Waals surface area contributed by atoms with Gasteiger partial charge in [0.05, 0.1) is 11.8 Å². The lowest BCUT2D eigenvalue weighted by Crippen LogP contribution is -2.65. The van der Waals surface area contributed by atoms with Crippen LogP contribution < -0.4 is 0 Å². The number of carbonyl (C=O) groups is 3. The standard InChI is InChI=1S/C45H74N2O5/c1-29(2)37-32(48)26-45(22-23-47(25-24-46(10)11)28-30-12-13-30)21-20-43(8)31(38(37)45)14-15-34-42(7)18-17-35(52-36(49)27-40(3,4)39(50)51)41(5,6)33(42)16-19-44(34,43)9/h29-31,33-35H,12-28H2,1-11H3,(H,50,51)/t31-,33+,34-,35+,42+,43-,44-,45-/m1/s1. The summed E-state index contributed by atoms with van der Waals surface area (Å²) in [5, 5.41) is 9.63. The van der Waals surface area contributed by atoms with Crippen LogP contribution in [-0.4, -0.2) is 79.0 Å². The summed E-state index contributed by atoms with van der Waals surface area (Å²) in [6, 6.07) is 0. The van der Waals surface area contributed by atoms with E-state index in [1.807, 2.05) is 0 Å². The Morgan fingerprint density at radius 1 is 0.865 bits per heavy atom. The lowest BCUT2D eigenvalue weighted by Gasteiger charge is -2.72. The number of likely N-dealkylation sites (N-methyl/N-ethyl adjacent to an activating group) is 1. The van der Waals surface area contributed by atoms with E-state index in [1.165, 1.54) is 50.6 Å². The number of nitrogens with zero attached hydrogens (tertiary/aromatic N) is 2. The van der Waals surface area contributed by atoms with Gasteiger partial charge in [-0.25, -0.2) is 0 Å². The fourth-order valence-corrected chi connectivity index (χ4v) is 13.5. The van der Waals surface area contributed by atoms with Gasteiger partial charge in [0.1, 0.15) is 6.10 Å². The van der Waals surface area contributed by atoms with Gasteiger partial charge >= 0.3 is 11.9 Å². The summed E-state index contributed by atoms with van der Waals surface area (Å²) in [4.78, 5) is 44.1. The number of esters is 1. The van der Waals surface area contributed by atoms with E-state index in [4.69, 9.17) is 4.74 Å². The molecule has 0 amide bonds. The average Bonchev–Trinajstić information content (AvgIpc) is 3.80. The summed E-state index contributed by atoms with van der Waals surface area (Å²) in [7, 11) is 4.36. The minimum Gasteiger partial charge on any atom is -0.481 e. The van der Waals surface area contributed by atoms with Crippen molar-refractivity contribution in [1.82, 2.24) is 9.80 Å². The summed E-state index contributed by atoms with van der Waals surface area (Å²) in [6.45, 7) is 24.8. The van der Waals surface area contributed by atoms with Crippen LogP contribution in [-0.2, 0) is 19.1 Å². The van der Waals surface area contributed by atoms with E-state index in [2.05, 4.69) is 72.4 Å². The maximum atomic E-state index is 14.2. The lowest BCUT2D eigenvalue weighted by atomic mass is 9.33. The van der Waals surface area contributed by atoms with Crippen molar-refractivity contribution in [3.63, 3.8) is 0 Å². The van der Waals surface area contributed by atoms with Crippen LogP contribution in [0.1, 0.15) is 146 Å². The molecule has 294 valence electrons. The molecule has 0 unspecified atom stereocenters. The van der Waals surface area contributed by atoms with Crippen molar-refractivity contribution in [1.29, 1.82) is 0 Å². The van der Waals surface area contributed by atoms with Crippen LogP contribution >= 0.6 is 0 Å². The Balaban J connectivity index is 1.26. The van der Waals surface area contributed by atoms with Crippen molar-refractivity contribution in [3.8, 4) is 0 Å². The minimum atomic E-state index is -1.14. The van der Waals surface area contributed by atoms with Crippen LogP contribution in [0.2, 0.25) is 0 Å². The smallest absolute Gasteiger partial charge is 0.309 e. The summed E-state index contributed by atoms with van der Waals surface area (Å²) < 4.78 is 6.20. The van der Waals surface area contributed by atoms with Crippen molar-refractivity contribution in [2.24, 2.45) is 62.1 Å². The van der Waals surface area contributed by atoms with E-state index in [-0.39, 0.29) is 51.5 Å². The molecule has 7 nitrogen and oxygen atoms in total. The average molecular weight is 723 g/mol. The number of rotatable bonds is 13. The summed E-state index contributed by atoms with van der Waals surface area (Å²) in [5.41, 5.74) is 1.94. The Bertz CT molecular complexity index is 1440. The van der Waals surface area contributed by atoms with Crippen molar-refractivity contribution >= 4 is 17.7 Å². The fraction of sp³-hybridized carbons (Fsp3) is 0.889. The first-order valence-electron chi connectivity index (χ1n) is 21.2. The van der Waals surface area contributed by atoms with Crippen LogP contribution in [0, 0.1) is 62.1 Å². The highest BCUT2D eigenvalue weighted by Gasteiger charge is 2.70. The highest BCUT2D eigenvalue weighted by Crippen LogP contribution is 2.77. The maximum Gasteiger partial charge on any atom is 0.309 e. The highest BCUT2D eigenvalue weighted by molar-refractivity contribution is 6.00. The fourth-order valence-electron chi connectivity index (χ4n) is 13.5. The van der Waals surface area contributed by atoms with E-state index in [1.54, 1.807) is 19.4 Å². The van der Waals surface area contributed by atoms with Crippen LogP contribution in [0.3, 0.4) is 0 Å². The van der Waals surface area contributed by atoms with Crippen LogP contribution in [0.5, 0.6) is 0 Å². The number of ether oxygens (including phenoxy) is 1. The topological polar surface area (TPSA) is 87.2 Å². The lowest BCUT2D eigenvalue weighted by molar-refractivity contribution is -0.233. The highest BCUT2D eigenvalue weighted by atomic mass is 16.5. The molecule has 6 aliphatic carbocycles.